The Morgan fingerprint density at radius 1 is 1.16 bits per heavy atom. The number of benzene rings is 1. The highest BCUT2D eigenvalue weighted by atomic mass is 19.4. The Hall–Kier alpha value is -1.89. The molecule has 0 aliphatic carbocycles. The van der Waals surface area contributed by atoms with Crippen LogP contribution in [0.15, 0.2) is 24.3 Å². The summed E-state index contributed by atoms with van der Waals surface area (Å²) < 4.78 is 39.2. The van der Waals surface area contributed by atoms with Crippen LogP contribution in [0.4, 0.5) is 13.2 Å². The Bertz CT molecular complexity index is 563. The van der Waals surface area contributed by atoms with E-state index in [0.29, 0.717) is 17.9 Å². The zero-order chi connectivity index (χ0) is 13.5. The van der Waals surface area contributed by atoms with Crippen LogP contribution in [0.1, 0.15) is 11.4 Å². The van der Waals surface area contributed by atoms with Crippen molar-refractivity contribution < 1.29 is 13.2 Å². The molecule has 3 rings (SSSR count). The van der Waals surface area contributed by atoms with Crippen molar-refractivity contribution in [2.45, 2.75) is 19.3 Å². The van der Waals surface area contributed by atoms with E-state index in [2.05, 4.69) is 15.4 Å². The van der Waals surface area contributed by atoms with E-state index in [4.69, 9.17) is 0 Å². The lowest BCUT2D eigenvalue weighted by molar-refractivity contribution is -0.137. The quantitative estimate of drug-likeness (QED) is 0.861. The summed E-state index contributed by atoms with van der Waals surface area (Å²) in [6.07, 6.45) is -4.32. The van der Waals surface area contributed by atoms with E-state index in [0.717, 1.165) is 31.0 Å². The predicted molar refractivity (Wildman–Crippen MR) is 62.2 cm³/mol. The summed E-state index contributed by atoms with van der Waals surface area (Å²) in [5.74, 6) is 1.27. The minimum absolute atomic E-state index is 0.465. The van der Waals surface area contributed by atoms with Gasteiger partial charge >= 0.3 is 6.18 Å². The average Bonchev–Trinajstić information content (AvgIpc) is 2.81. The first-order valence-corrected chi connectivity index (χ1v) is 5.86. The van der Waals surface area contributed by atoms with Gasteiger partial charge in [-0.2, -0.15) is 18.3 Å². The maximum Gasteiger partial charge on any atom is 0.416 e. The highest BCUT2D eigenvalue weighted by Gasteiger charge is 2.30. The summed E-state index contributed by atoms with van der Waals surface area (Å²) in [5, 5.41) is 7.46. The van der Waals surface area contributed by atoms with Crippen molar-refractivity contribution in [3.8, 4) is 11.4 Å². The van der Waals surface area contributed by atoms with Crippen molar-refractivity contribution in [1.29, 1.82) is 0 Å². The minimum Gasteiger partial charge on any atom is -0.308 e. The van der Waals surface area contributed by atoms with E-state index in [1.54, 1.807) is 4.68 Å². The Morgan fingerprint density at radius 3 is 2.53 bits per heavy atom. The van der Waals surface area contributed by atoms with Crippen molar-refractivity contribution in [2.24, 2.45) is 0 Å². The van der Waals surface area contributed by atoms with Crippen molar-refractivity contribution in [2.75, 3.05) is 6.54 Å². The molecule has 19 heavy (non-hydrogen) atoms. The van der Waals surface area contributed by atoms with E-state index in [1.807, 2.05) is 0 Å². The van der Waals surface area contributed by atoms with Crippen LogP contribution in [0.25, 0.3) is 11.4 Å². The molecule has 2 aromatic rings. The lowest BCUT2D eigenvalue weighted by Gasteiger charge is -2.11. The second kappa shape index (κ2) is 4.34. The number of rotatable bonds is 1. The molecule has 0 unspecified atom stereocenters. The van der Waals surface area contributed by atoms with E-state index < -0.39 is 11.7 Å². The first-order chi connectivity index (χ1) is 9.04. The lowest BCUT2D eigenvalue weighted by Crippen LogP contribution is -2.28. The SMILES string of the molecule is FC(F)(F)c1ccc(-c2nc3n(n2)CCNC3)cc1. The van der Waals surface area contributed by atoms with Crippen LogP contribution < -0.4 is 5.32 Å². The highest BCUT2D eigenvalue weighted by Crippen LogP contribution is 2.30. The maximum absolute atomic E-state index is 12.5. The molecule has 2 heterocycles. The topological polar surface area (TPSA) is 42.7 Å². The van der Waals surface area contributed by atoms with Gasteiger partial charge < -0.3 is 5.32 Å². The number of hydrogen-bond donors (Lipinski definition) is 1. The van der Waals surface area contributed by atoms with Crippen LogP contribution in [0.3, 0.4) is 0 Å². The molecular formula is C12H11F3N4. The highest BCUT2D eigenvalue weighted by molar-refractivity contribution is 5.55. The zero-order valence-corrected chi connectivity index (χ0v) is 9.91. The van der Waals surface area contributed by atoms with Gasteiger partial charge in [0.1, 0.15) is 5.82 Å². The van der Waals surface area contributed by atoms with E-state index in [-0.39, 0.29) is 0 Å². The third kappa shape index (κ3) is 2.33. The Balaban J connectivity index is 1.92. The third-order valence-electron chi connectivity index (χ3n) is 3.00. The Kier molecular flexibility index (Phi) is 2.78. The molecule has 0 bridgehead atoms. The summed E-state index contributed by atoms with van der Waals surface area (Å²) in [7, 11) is 0. The van der Waals surface area contributed by atoms with Gasteiger partial charge in [0.05, 0.1) is 18.7 Å². The molecule has 1 aliphatic heterocycles. The predicted octanol–water partition coefficient (Wildman–Crippen LogP) is 2.07. The first-order valence-electron chi connectivity index (χ1n) is 5.86. The molecule has 1 aromatic heterocycles. The van der Waals surface area contributed by atoms with Gasteiger partial charge in [-0.1, -0.05) is 12.1 Å². The summed E-state index contributed by atoms with van der Waals surface area (Å²) in [5.41, 5.74) is -0.0724. The van der Waals surface area contributed by atoms with Crippen molar-refractivity contribution in [3.05, 3.63) is 35.7 Å². The summed E-state index contributed by atoms with van der Waals surface area (Å²) in [6.45, 7) is 2.18. The summed E-state index contributed by atoms with van der Waals surface area (Å²) in [6, 6.07) is 4.90. The van der Waals surface area contributed by atoms with E-state index >= 15 is 0 Å². The van der Waals surface area contributed by atoms with E-state index in [1.165, 1.54) is 12.1 Å². The first kappa shape index (κ1) is 12.2. The molecule has 0 radical (unpaired) electrons. The van der Waals surface area contributed by atoms with Crippen molar-refractivity contribution in [1.82, 2.24) is 20.1 Å². The Labute approximate surface area is 107 Å². The summed E-state index contributed by atoms with van der Waals surface area (Å²) >= 11 is 0. The standard InChI is InChI=1S/C12H11F3N4/c13-12(14,15)9-3-1-8(2-4-9)11-17-10-7-16-5-6-19(10)18-11/h1-4,16H,5-7H2. The third-order valence-corrected chi connectivity index (χ3v) is 3.00. The van der Waals surface area contributed by atoms with Crippen LogP contribution >= 0.6 is 0 Å². The fraction of sp³-hybridized carbons (Fsp3) is 0.333. The molecule has 0 atom stereocenters. The van der Waals surface area contributed by atoms with E-state index in [9.17, 15) is 13.2 Å². The van der Waals surface area contributed by atoms with Gasteiger partial charge in [0.25, 0.3) is 0 Å². The Morgan fingerprint density at radius 2 is 1.89 bits per heavy atom. The monoisotopic (exact) mass is 268 g/mol. The van der Waals surface area contributed by atoms with Gasteiger partial charge in [0.15, 0.2) is 5.82 Å². The number of fused-ring (bicyclic) bond motifs is 1. The van der Waals surface area contributed by atoms with Crippen molar-refractivity contribution >= 4 is 0 Å². The van der Waals surface area contributed by atoms with Gasteiger partial charge in [0.2, 0.25) is 0 Å². The molecule has 4 nitrogen and oxygen atoms in total. The molecular weight excluding hydrogens is 257 g/mol. The number of halogens is 3. The van der Waals surface area contributed by atoms with Gasteiger partial charge in [0, 0.05) is 12.1 Å². The molecule has 0 saturated carbocycles. The second-order valence-electron chi connectivity index (χ2n) is 4.33. The lowest BCUT2D eigenvalue weighted by atomic mass is 10.1. The van der Waals surface area contributed by atoms with Gasteiger partial charge in [-0.3, -0.25) is 0 Å². The largest absolute Gasteiger partial charge is 0.416 e. The minimum atomic E-state index is -4.32. The molecule has 100 valence electrons. The van der Waals surface area contributed by atoms with Crippen LogP contribution in [-0.4, -0.2) is 21.3 Å². The smallest absolute Gasteiger partial charge is 0.308 e. The molecule has 1 aliphatic rings. The fourth-order valence-electron chi connectivity index (χ4n) is 2.00. The van der Waals surface area contributed by atoms with Crippen LogP contribution in [0.2, 0.25) is 0 Å². The number of hydrogen-bond acceptors (Lipinski definition) is 3. The second-order valence-corrected chi connectivity index (χ2v) is 4.33. The molecule has 1 aromatic carbocycles. The fourth-order valence-corrected chi connectivity index (χ4v) is 2.00. The molecule has 0 fully saturated rings. The summed E-state index contributed by atoms with van der Waals surface area (Å²) in [4.78, 5) is 4.32. The normalized spacial score (nSPS) is 15.3. The molecule has 0 amide bonds. The van der Waals surface area contributed by atoms with Crippen LogP contribution in [0, 0.1) is 0 Å². The number of aromatic nitrogens is 3. The van der Waals surface area contributed by atoms with Gasteiger partial charge in [-0.05, 0) is 12.1 Å². The molecule has 7 heteroatoms. The average molecular weight is 268 g/mol. The number of nitrogens with zero attached hydrogens (tertiary/aromatic N) is 3. The van der Waals surface area contributed by atoms with Gasteiger partial charge in [-0.15, -0.1) is 0 Å². The number of nitrogens with one attached hydrogen (secondary N) is 1. The molecule has 0 spiro atoms. The van der Waals surface area contributed by atoms with Crippen LogP contribution in [-0.2, 0) is 19.3 Å². The zero-order valence-electron chi connectivity index (χ0n) is 9.91. The van der Waals surface area contributed by atoms with Crippen LogP contribution in [0.5, 0.6) is 0 Å². The molecule has 0 saturated heterocycles. The van der Waals surface area contributed by atoms with Crippen molar-refractivity contribution in [3.63, 3.8) is 0 Å². The molecule has 1 N–H and O–H groups in total. The van der Waals surface area contributed by atoms with Gasteiger partial charge in [-0.25, -0.2) is 9.67 Å². The maximum atomic E-state index is 12.5. The number of alkyl halides is 3.